The van der Waals surface area contributed by atoms with E-state index in [0.29, 0.717) is 0 Å². The molecule has 2 aromatic carbocycles. The molecule has 0 fully saturated rings. The van der Waals surface area contributed by atoms with Gasteiger partial charge in [-0.2, -0.15) is 0 Å². The zero-order valence-electron chi connectivity index (χ0n) is 11.5. The first-order valence-electron chi connectivity index (χ1n) is 7.47. The largest absolute Gasteiger partial charge is 0.0839 e. The third kappa shape index (κ3) is 1.92. The van der Waals surface area contributed by atoms with Crippen molar-refractivity contribution in [1.82, 2.24) is 0 Å². The van der Waals surface area contributed by atoms with Crippen LogP contribution in [0.3, 0.4) is 0 Å². The highest BCUT2D eigenvalue weighted by Crippen LogP contribution is 2.40. The van der Waals surface area contributed by atoms with Crippen LogP contribution in [0, 0.1) is 5.92 Å². The monoisotopic (exact) mass is 258 g/mol. The van der Waals surface area contributed by atoms with Gasteiger partial charge in [-0.25, -0.2) is 0 Å². The summed E-state index contributed by atoms with van der Waals surface area (Å²) in [6.45, 7) is 0. The van der Waals surface area contributed by atoms with E-state index in [2.05, 4.69) is 66.8 Å². The molecule has 0 N–H and O–H groups in total. The molecule has 0 radical (unpaired) electrons. The van der Waals surface area contributed by atoms with Crippen molar-refractivity contribution in [2.45, 2.75) is 19.3 Å². The maximum absolute atomic E-state index is 2.39. The van der Waals surface area contributed by atoms with Crippen LogP contribution in [0.5, 0.6) is 0 Å². The van der Waals surface area contributed by atoms with Crippen molar-refractivity contribution in [3.63, 3.8) is 0 Å². The van der Waals surface area contributed by atoms with Crippen LogP contribution in [0.15, 0.2) is 66.8 Å². The van der Waals surface area contributed by atoms with E-state index in [1.165, 1.54) is 41.5 Å². The molecule has 2 aromatic rings. The number of rotatable bonds is 1. The predicted molar refractivity (Wildman–Crippen MR) is 85.4 cm³/mol. The van der Waals surface area contributed by atoms with Crippen molar-refractivity contribution in [3.05, 3.63) is 77.9 Å². The molecule has 0 spiro atoms. The van der Waals surface area contributed by atoms with Crippen LogP contribution in [0.4, 0.5) is 0 Å². The number of aryl methyl sites for hydroxylation is 1. The number of fused-ring (bicyclic) bond motifs is 3. The van der Waals surface area contributed by atoms with E-state index in [9.17, 15) is 0 Å². The van der Waals surface area contributed by atoms with Gasteiger partial charge in [0.05, 0.1) is 0 Å². The lowest BCUT2D eigenvalue weighted by Gasteiger charge is -2.29. The molecular weight excluding hydrogens is 240 g/mol. The molecule has 4 rings (SSSR count). The summed E-state index contributed by atoms with van der Waals surface area (Å²) in [7, 11) is 0. The number of hydrogen-bond donors (Lipinski definition) is 0. The summed E-state index contributed by atoms with van der Waals surface area (Å²) < 4.78 is 0. The number of benzene rings is 2. The Hall–Kier alpha value is -2.08. The fourth-order valence-electron chi connectivity index (χ4n) is 3.46. The number of hydrogen-bond acceptors (Lipinski definition) is 0. The summed E-state index contributed by atoms with van der Waals surface area (Å²) in [5.74, 6) is 0.735. The molecule has 0 saturated carbocycles. The Morgan fingerprint density at radius 3 is 2.70 bits per heavy atom. The smallest absolute Gasteiger partial charge is 0.0118 e. The SMILES string of the molecule is C1=CCC2CCc3ccc(-c4ccccc4)cc3C2=C1. The van der Waals surface area contributed by atoms with Gasteiger partial charge >= 0.3 is 0 Å². The van der Waals surface area contributed by atoms with Gasteiger partial charge in [0.1, 0.15) is 0 Å². The van der Waals surface area contributed by atoms with Crippen molar-refractivity contribution in [3.8, 4) is 11.1 Å². The van der Waals surface area contributed by atoms with E-state index in [1.807, 2.05) is 0 Å². The van der Waals surface area contributed by atoms with Crippen molar-refractivity contribution in [1.29, 1.82) is 0 Å². The normalized spacial score (nSPS) is 20.0. The molecule has 2 aliphatic carbocycles. The van der Waals surface area contributed by atoms with Crippen molar-refractivity contribution in [2.24, 2.45) is 5.92 Å². The summed E-state index contributed by atoms with van der Waals surface area (Å²) in [5.41, 5.74) is 7.19. The average Bonchev–Trinajstić information content (AvgIpc) is 2.55. The lowest BCUT2D eigenvalue weighted by atomic mass is 9.75. The summed E-state index contributed by atoms with van der Waals surface area (Å²) in [4.78, 5) is 0. The van der Waals surface area contributed by atoms with E-state index in [4.69, 9.17) is 0 Å². The molecule has 0 heteroatoms. The molecule has 1 atom stereocenters. The third-order valence-corrected chi connectivity index (χ3v) is 4.56. The Bertz CT molecular complexity index is 689. The Labute approximate surface area is 120 Å². The van der Waals surface area contributed by atoms with Crippen LogP contribution in [-0.4, -0.2) is 0 Å². The van der Waals surface area contributed by atoms with Gasteiger partial charge < -0.3 is 0 Å². The van der Waals surface area contributed by atoms with Gasteiger partial charge in [-0.1, -0.05) is 60.7 Å². The molecule has 0 nitrogen and oxygen atoms in total. The summed E-state index contributed by atoms with van der Waals surface area (Å²) in [6, 6.07) is 17.7. The standard InChI is InChI=1S/C20H18/c1-2-6-15(7-3-1)18-13-12-17-11-10-16-8-4-5-9-19(16)20(17)14-18/h1-7,9,12-14,16H,8,10-11H2. The second-order valence-corrected chi connectivity index (χ2v) is 5.76. The third-order valence-electron chi connectivity index (χ3n) is 4.56. The fraction of sp³-hybridized carbons (Fsp3) is 0.200. The Balaban J connectivity index is 1.84. The first-order valence-corrected chi connectivity index (χ1v) is 7.47. The molecule has 0 heterocycles. The summed E-state index contributed by atoms with van der Waals surface area (Å²) in [5, 5.41) is 0. The first-order chi connectivity index (χ1) is 9.92. The fourth-order valence-corrected chi connectivity index (χ4v) is 3.46. The van der Waals surface area contributed by atoms with Crippen LogP contribution in [0.25, 0.3) is 16.7 Å². The van der Waals surface area contributed by atoms with Crippen LogP contribution >= 0.6 is 0 Å². The van der Waals surface area contributed by atoms with E-state index in [0.717, 1.165) is 5.92 Å². The highest BCUT2D eigenvalue weighted by Gasteiger charge is 2.24. The molecule has 0 saturated heterocycles. The van der Waals surface area contributed by atoms with Gasteiger partial charge in [-0.3, -0.25) is 0 Å². The van der Waals surface area contributed by atoms with E-state index < -0.39 is 0 Å². The van der Waals surface area contributed by atoms with Crippen molar-refractivity contribution < 1.29 is 0 Å². The molecule has 0 amide bonds. The molecule has 1 unspecified atom stereocenters. The topological polar surface area (TPSA) is 0 Å². The lowest BCUT2D eigenvalue weighted by Crippen LogP contribution is -2.14. The molecule has 2 aliphatic rings. The van der Waals surface area contributed by atoms with Gasteiger partial charge in [0.2, 0.25) is 0 Å². The van der Waals surface area contributed by atoms with Gasteiger partial charge in [-0.05, 0) is 59.1 Å². The zero-order valence-corrected chi connectivity index (χ0v) is 11.5. The first kappa shape index (κ1) is 11.7. The van der Waals surface area contributed by atoms with Crippen LogP contribution in [0.1, 0.15) is 24.0 Å². The molecular formula is C20H18. The van der Waals surface area contributed by atoms with Gasteiger partial charge in [0.15, 0.2) is 0 Å². The van der Waals surface area contributed by atoms with Gasteiger partial charge in [0, 0.05) is 0 Å². The van der Waals surface area contributed by atoms with Crippen LogP contribution in [0.2, 0.25) is 0 Å². The highest BCUT2D eigenvalue weighted by molar-refractivity contribution is 5.78. The molecule has 0 aliphatic heterocycles. The second-order valence-electron chi connectivity index (χ2n) is 5.76. The van der Waals surface area contributed by atoms with E-state index in [-0.39, 0.29) is 0 Å². The number of allylic oxidation sites excluding steroid dienone is 4. The maximum Gasteiger partial charge on any atom is -0.0118 e. The highest BCUT2D eigenvalue weighted by atomic mass is 14.3. The predicted octanol–water partition coefficient (Wildman–Crippen LogP) is 5.26. The molecule has 0 aromatic heterocycles. The summed E-state index contributed by atoms with van der Waals surface area (Å²) >= 11 is 0. The van der Waals surface area contributed by atoms with Gasteiger partial charge in [-0.15, -0.1) is 0 Å². The molecule has 0 bridgehead atoms. The Morgan fingerprint density at radius 2 is 1.80 bits per heavy atom. The Kier molecular flexibility index (Phi) is 2.81. The van der Waals surface area contributed by atoms with Crippen LogP contribution in [-0.2, 0) is 6.42 Å². The summed E-state index contributed by atoms with van der Waals surface area (Å²) in [6.07, 6.45) is 10.6. The lowest BCUT2D eigenvalue weighted by molar-refractivity contribution is 0.593. The molecule has 20 heavy (non-hydrogen) atoms. The van der Waals surface area contributed by atoms with Crippen molar-refractivity contribution >= 4 is 5.57 Å². The second kappa shape index (κ2) is 4.79. The minimum Gasteiger partial charge on any atom is -0.0839 e. The zero-order chi connectivity index (χ0) is 13.4. The van der Waals surface area contributed by atoms with E-state index >= 15 is 0 Å². The minimum absolute atomic E-state index is 0.735. The average molecular weight is 258 g/mol. The van der Waals surface area contributed by atoms with Crippen LogP contribution < -0.4 is 0 Å². The van der Waals surface area contributed by atoms with Gasteiger partial charge in [0.25, 0.3) is 0 Å². The Morgan fingerprint density at radius 1 is 0.900 bits per heavy atom. The maximum atomic E-state index is 2.39. The van der Waals surface area contributed by atoms with E-state index in [1.54, 1.807) is 5.57 Å². The van der Waals surface area contributed by atoms with Crippen molar-refractivity contribution in [2.75, 3.05) is 0 Å². The quantitative estimate of drug-likeness (QED) is 0.654. The molecule has 98 valence electrons. The minimum atomic E-state index is 0.735.